The zero-order chi connectivity index (χ0) is 15.3. The van der Waals surface area contributed by atoms with Gasteiger partial charge in [0.05, 0.1) is 23.8 Å². The molecule has 1 rings (SSSR count). The number of benzene rings is 1. The molecule has 0 saturated heterocycles. The Bertz CT molecular complexity index is 518. The van der Waals surface area contributed by atoms with E-state index in [0.717, 1.165) is 0 Å². The van der Waals surface area contributed by atoms with E-state index in [2.05, 4.69) is 15.9 Å². The van der Waals surface area contributed by atoms with Gasteiger partial charge in [-0.15, -0.1) is 0 Å². The van der Waals surface area contributed by atoms with E-state index in [9.17, 15) is 9.59 Å². The summed E-state index contributed by atoms with van der Waals surface area (Å²) in [5, 5.41) is 0. The molecule has 0 spiro atoms. The van der Waals surface area contributed by atoms with Crippen LogP contribution >= 0.6 is 15.9 Å². The lowest BCUT2D eigenvalue weighted by molar-refractivity contribution is -0.125. The maximum Gasteiger partial charge on any atom is 0.339 e. The Kier molecular flexibility index (Phi) is 5.82. The predicted molar refractivity (Wildman–Crippen MR) is 75.9 cm³/mol. The highest BCUT2D eigenvalue weighted by Gasteiger charge is 2.20. The third-order valence-electron chi connectivity index (χ3n) is 2.43. The summed E-state index contributed by atoms with van der Waals surface area (Å²) in [7, 11) is 1.50. The van der Waals surface area contributed by atoms with E-state index in [0.29, 0.717) is 22.6 Å². The van der Waals surface area contributed by atoms with Crippen molar-refractivity contribution in [3.8, 4) is 11.5 Å². The lowest BCUT2D eigenvalue weighted by atomic mass is 10.2. The smallest absolute Gasteiger partial charge is 0.339 e. The van der Waals surface area contributed by atoms with Crippen molar-refractivity contribution in [2.45, 2.75) is 20.0 Å². The molecule has 20 heavy (non-hydrogen) atoms. The summed E-state index contributed by atoms with van der Waals surface area (Å²) in [6.07, 6.45) is -1.00. The topological polar surface area (TPSA) is 87.9 Å². The number of esters is 1. The Balaban J connectivity index is 3.07. The number of hydrogen-bond acceptors (Lipinski definition) is 5. The predicted octanol–water partition coefficient (Wildman–Crippen LogP) is 1.89. The van der Waals surface area contributed by atoms with E-state index in [1.807, 2.05) is 6.92 Å². The molecular formula is C13H16BrNO5. The van der Waals surface area contributed by atoms with Gasteiger partial charge in [0.25, 0.3) is 5.91 Å². The van der Waals surface area contributed by atoms with Crippen molar-refractivity contribution in [3.05, 3.63) is 22.2 Å². The molecule has 110 valence electrons. The van der Waals surface area contributed by atoms with Gasteiger partial charge in [-0.1, -0.05) is 0 Å². The van der Waals surface area contributed by atoms with Gasteiger partial charge >= 0.3 is 5.97 Å². The van der Waals surface area contributed by atoms with E-state index in [1.54, 1.807) is 0 Å². The molecule has 2 N–H and O–H groups in total. The minimum atomic E-state index is -1.00. The number of methoxy groups -OCH3 is 1. The maximum absolute atomic E-state index is 11.9. The molecule has 6 nitrogen and oxygen atoms in total. The summed E-state index contributed by atoms with van der Waals surface area (Å²) in [6.45, 7) is 3.63. The highest BCUT2D eigenvalue weighted by atomic mass is 79.9. The lowest BCUT2D eigenvalue weighted by Crippen LogP contribution is -2.30. The van der Waals surface area contributed by atoms with Crippen LogP contribution < -0.4 is 15.2 Å². The summed E-state index contributed by atoms with van der Waals surface area (Å²) in [4.78, 5) is 22.8. The first-order valence-corrected chi connectivity index (χ1v) is 6.70. The van der Waals surface area contributed by atoms with Crippen molar-refractivity contribution in [1.82, 2.24) is 0 Å². The van der Waals surface area contributed by atoms with Crippen molar-refractivity contribution in [2.75, 3.05) is 13.7 Å². The molecule has 0 fully saturated rings. The quantitative estimate of drug-likeness (QED) is 0.795. The van der Waals surface area contributed by atoms with Crippen LogP contribution in [0.15, 0.2) is 16.6 Å². The average molecular weight is 346 g/mol. The van der Waals surface area contributed by atoms with Crippen molar-refractivity contribution in [1.29, 1.82) is 0 Å². The zero-order valence-electron chi connectivity index (χ0n) is 11.4. The average Bonchev–Trinajstić information content (AvgIpc) is 2.38. The van der Waals surface area contributed by atoms with Crippen LogP contribution in [0.2, 0.25) is 0 Å². The van der Waals surface area contributed by atoms with Gasteiger partial charge < -0.3 is 19.9 Å². The molecule has 0 radical (unpaired) electrons. The Hall–Kier alpha value is -1.76. The second-order valence-electron chi connectivity index (χ2n) is 3.87. The summed E-state index contributed by atoms with van der Waals surface area (Å²) in [5.41, 5.74) is 5.28. The Morgan fingerprint density at radius 2 is 2.05 bits per heavy atom. The molecule has 1 amide bonds. The van der Waals surface area contributed by atoms with Gasteiger partial charge in [-0.3, -0.25) is 4.79 Å². The first-order chi connectivity index (χ1) is 9.40. The third kappa shape index (κ3) is 3.86. The number of amides is 1. The molecule has 1 aromatic carbocycles. The second-order valence-corrected chi connectivity index (χ2v) is 4.73. The number of ether oxygens (including phenoxy) is 3. The molecule has 0 aliphatic carbocycles. The molecule has 0 aromatic heterocycles. The Labute approximate surface area is 125 Å². The summed E-state index contributed by atoms with van der Waals surface area (Å²) < 4.78 is 16.1. The van der Waals surface area contributed by atoms with E-state index in [1.165, 1.54) is 26.2 Å². The van der Waals surface area contributed by atoms with Crippen LogP contribution in [-0.4, -0.2) is 31.7 Å². The van der Waals surface area contributed by atoms with E-state index in [4.69, 9.17) is 19.9 Å². The maximum atomic E-state index is 11.9. The molecule has 0 unspecified atom stereocenters. The molecule has 0 heterocycles. The van der Waals surface area contributed by atoms with Crippen LogP contribution in [0, 0.1) is 0 Å². The van der Waals surface area contributed by atoms with Crippen LogP contribution in [0.3, 0.4) is 0 Å². The number of halogens is 1. The largest absolute Gasteiger partial charge is 0.492 e. The van der Waals surface area contributed by atoms with Crippen LogP contribution in [-0.2, 0) is 9.53 Å². The van der Waals surface area contributed by atoms with Gasteiger partial charge in [0, 0.05) is 0 Å². The van der Waals surface area contributed by atoms with Gasteiger partial charge in [-0.05, 0) is 41.9 Å². The molecule has 0 saturated carbocycles. The molecule has 0 bridgehead atoms. The van der Waals surface area contributed by atoms with Crippen molar-refractivity contribution >= 4 is 27.8 Å². The van der Waals surface area contributed by atoms with E-state index in [-0.39, 0.29) is 5.56 Å². The number of carbonyl (C=O) groups excluding carboxylic acids is 2. The highest BCUT2D eigenvalue weighted by Crippen LogP contribution is 2.36. The summed E-state index contributed by atoms with van der Waals surface area (Å²) >= 11 is 3.29. The fourth-order valence-electron chi connectivity index (χ4n) is 1.43. The monoisotopic (exact) mass is 345 g/mol. The highest BCUT2D eigenvalue weighted by molar-refractivity contribution is 9.10. The SMILES string of the molecule is CCOc1cc(C(=O)O[C@H](C)C(N)=O)cc(Br)c1OC. The van der Waals surface area contributed by atoms with E-state index < -0.39 is 18.0 Å². The number of primary amides is 1. The van der Waals surface area contributed by atoms with E-state index >= 15 is 0 Å². The zero-order valence-corrected chi connectivity index (χ0v) is 13.0. The number of hydrogen-bond donors (Lipinski definition) is 1. The van der Waals surface area contributed by atoms with Crippen LogP contribution in [0.1, 0.15) is 24.2 Å². The van der Waals surface area contributed by atoms with Gasteiger partial charge in [0.2, 0.25) is 0 Å². The molecule has 1 atom stereocenters. The van der Waals surface area contributed by atoms with Crippen LogP contribution in [0.25, 0.3) is 0 Å². The number of carbonyl (C=O) groups is 2. The first kappa shape index (κ1) is 16.3. The summed E-state index contributed by atoms with van der Waals surface area (Å²) in [5.74, 6) is -0.494. The minimum absolute atomic E-state index is 0.231. The number of rotatable bonds is 6. The van der Waals surface area contributed by atoms with Crippen molar-refractivity contribution in [3.63, 3.8) is 0 Å². The van der Waals surface area contributed by atoms with Gasteiger partial charge in [-0.2, -0.15) is 0 Å². The molecule has 7 heteroatoms. The molecule has 0 aliphatic rings. The van der Waals surface area contributed by atoms with Gasteiger partial charge in [-0.25, -0.2) is 4.79 Å². The molecule has 0 aliphatic heterocycles. The lowest BCUT2D eigenvalue weighted by Gasteiger charge is -2.14. The first-order valence-electron chi connectivity index (χ1n) is 5.91. The Morgan fingerprint density at radius 1 is 1.40 bits per heavy atom. The van der Waals surface area contributed by atoms with Crippen molar-refractivity contribution in [2.24, 2.45) is 5.73 Å². The van der Waals surface area contributed by atoms with Gasteiger partial charge in [0.15, 0.2) is 17.6 Å². The summed E-state index contributed by atoms with van der Waals surface area (Å²) in [6, 6.07) is 3.01. The fraction of sp³-hybridized carbons (Fsp3) is 0.385. The third-order valence-corrected chi connectivity index (χ3v) is 3.02. The molecular weight excluding hydrogens is 330 g/mol. The fourth-order valence-corrected chi connectivity index (χ4v) is 2.04. The van der Waals surface area contributed by atoms with Crippen LogP contribution in [0.4, 0.5) is 0 Å². The second kappa shape index (κ2) is 7.14. The normalized spacial score (nSPS) is 11.6. The minimum Gasteiger partial charge on any atom is -0.492 e. The van der Waals surface area contributed by atoms with Gasteiger partial charge in [0.1, 0.15) is 0 Å². The Morgan fingerprint density at radius 3 is 2.55 bits per heavy atom. The van der Waals surface area contributed by atoms with Crippen LogP contribution in [0.5, 0.6) is 11.5 Å². The van der Waals surface area contributed by atoms with Crippen molar-refractivity contribution < 1.29 is 23.8 Å². The number of nitrogens with two attached hydrogens (primary N) is 1. The standard InChI is InChI=1S/C13H16BrNO5/c1-4-19-10-6-8(5-9(14)11(10)18-3)13(17)20-7(2)12(15)16/h5-7H,4H2,1-3H3,(H2,15,16)/t7-/m1/s1. The molecule has 1 aromatic rings.